The lowest BCUT2D eigenvalue weighted by molar-refractivity contribution is 0.319. The second-order valence-corrected chi connectivity index (χ2v) is 6.49. The fourth-order valence-corrected chi connectivity index (χ4v) is 2.11. The van der Waals surface area contributed by atoms with Gasteiger partial charge in [-0.3, -0.25) is 0 Å². The maximum Gasteiger partial charge on any atom is 0.261 e. The summed E-state index contributed by atoms with van der Waals surface area (Å²) in [7, 11) is 1.58. The van der Waals surface area contributed by atoms with E-state index in [1.165, 1.54) is 12.1 Å². The van der Waals surface area contributed by atoms with E-state index in [-0.39, 0.29) is 4.90 Å². The minimum Gasteiger partial charge on any atom is -0.493 e. The van der Waals surface area contributed by atoms with Crippen molar-refractivity contribution in [3.63, 3.8) is 0 Å². The van der Waals surface area contributed by atoms with E-state index in [0.29, 0.717) is 12.4 Å². The van der Waals surface area contributed by atoms with Gasteiger partial charge in [0.1, 0.15) is 5.75 Å². The van der Waals surface area contributed by atoms with Crippen LogP contribution in [-0.2, 0) is 9.05 Å². The first-order valence-corrected chi connectivity index (χ1v) is 7.44. The monoisotopic (exact) mass is 274 g/mol. The molecule has 17 heavy (non-hydrogen) atoms. The molecule has 0 amide bonds. The number of ether oxygens (including phenoxy) is 1. The highest BCUT2D eigenvalue weighted by Gasteiger charge is 2.11. The quantitative estimate of drug-likeness (QED) is 0.611. The molecule has 5 heteroatoms. The SMILES string of the molecule is C=C(C)CCOc1ccc(S(=O)(=O)Cl)cc1C. The minimum absolute atomic E-state index is 0.0870. The van der Waals surface area contributed by atoms with Gasteiger partial charge in [0, 0.05) is 17.1 Å². The molecule has 0 aromatic heterocycles. The van der Waals surface area contributed by atoms with E-state index in [2.05, 4.69) is 6.58 Å². The smallest absolute Gasteiger partial charge is 0.261 e. The van der Waals surface area contributed by atoms with Crippen LogP contribution in [0.25, 0.3) is 0 Å². The summed E-state index contributed by atoms with van der Waals surface area (Å²) in [6.45, 7) is 8.02. The predicted molar refractivity (Wildman–Crippen MR) is 69.1 cm³/mol. The molecule has 0 atom stereocenters. The molecule has 0 aliphatic rings. The molecule has 0 aliphatic heterocycles. The van der Waals surface area contributed by atoms with Crippen molar-refractivity contribution in [1.82, 2.24) is 0 Å². The number of aryl methyl sites for hydroxylation is 1. The molecule has 0 heterocycles. The highest BCUT2D eigenvalue weighted by molar-refractivity contribution is 8.13. The number of hydrogen-bond donors (Lipinski definition) is 0. The first kappa shape index (κ1) is 14.1. The Morgan fingerprint density at radius 1 is 1.47 bits per heavy atom. The summed E-state index contributed by atoms with van der Waals surface area (Å²) in [4.78, 5) is 0.0870. The van der Waals surface area contributed by atoms with Crippen LogP contribution in [0.3, 0.4) is 0 Å². The molecule has 1 rings (SSSR count). The van der Waals surface area contributed by atoms with Crippen molar-refractivity contribution in [2.75, 3.05) is 6.61 Å². The van der Waals surface area contributed by atoms with Crippen molar-refractivity contribution in [2.24, 2.45) is 0 Å². The van der Waals surface area contributed by atoms with E-state index >= 15 is 0 Å². The highest BCUT2D eigenvalue weighted by Crippen LogP contribution is 2.24. The van der Waals surface area contributed by atoms with Gasteiger partial charge in [-0.25, -0.2) is 8.42 Å². The van der Waals surface area contributed by atoms with Gasteiger partial charge in [-0.15, -0.1) is 6.58 Å². The van der Waals surface area contributed by atoms with Crippen LogP contribution < -0.4 is 4.74 Å². The lowest BCUT2D eigenvalue weighted by Gasteiger charge is -2.09. The van der Waals surface area contributed by atoms with E-state index in [9.17, 15) is 8.42 Å². The maximum absolute atomic E-state index is 11.1. The van der Waals surface area contributed by atoms with Crippen molar-refractivity contribution in [2.45, 2.75) is 25.2 Å². The van der Waals surface area contributed by atoms with E-state index in [4.69, 9.17) is 15.4 Å². The predicted octanol–water partition coefficient (Wildman–Crippen LogP) is 3.27. The second kappa shape index (κ2) is 5.56. The molecule has 0 fully saturated rings. The van der Waals surface area contributed by atoms with Gasteiger partial charge in [0.05, 0.1) is 11.5 Å². The van der Waals surface area contributed by atoms with Crippen LogP contribution in [0.1, 0.15) is 18.9 Å². The molecular weight excluding hydrogens is 260 g/mol. The van der Waals surface area contributed by atoms with Gasteiger partial charge in [-0.05, 0) is 37.6 Å². The number of hydrogen-bond acceptors (Lipinski definition) is 3. The Balaban J connectivity index is 2.80. The fraction of sp³-hybridized carbons (Fsp3) is 0.333. The van der Waals surface area contributed by atoms with E-state index in [1.807, 2.05) is 6.92 Å². The van der Waals surface area contributed by atoms with Gasteiger partial charge in [-0.2, -0.15) is 0 Å². The van der Waals surface area contributed by atoms with Gasteiger partial charge in [0.2, 0.25) is 0 Å². The zero-order valence-corrected chi connectivity index (χ0v) is 11.4. The Labute approximate surface area is 106 Å². The largest absolute Gasteiger partial charge is 0.493 e. The first-order chi connectivity index (χ1) is 7.80. The molecule has 1 aromatic carbocycles. The summed E-state index contributed by atoms with van der Waals surface area (Å²) in [5, 5.41) is 0. The Bertz CT molecular complexity index is 521. The van der Waals surface area contributed by atoms with Crippen LogP contribution >= 0.6 is 10.7 Å². The van der Waals surface area contributed by atoms with Gasteiger partial charge < -0.3 is 4.74 Å². The van der Waals surface area contributed by atoms with Crippen molar-refractivity contribution < 1.29 is 13.2 Å². The fourth-order valence-electron chi connectivity index (χ4n) is 1.27. The Morgan fingerprint density at radius 3 is 2.59 bits per heavy atom. The van der Waals surface area contributed by atoms with Crippen molar-refractivity contribution in [1.29, 1.82) is 0 Å². The summed E-state index contributed by atoms with van der Waals surface area (Å²) in [6.07, 6.45) is 0.773. The molecular formula is C12H15ClO3S. The molecule has 0 radical (unpaired) electrons. The van der Waals surface area contributed by atoms with Crippen molar-refractivity contribution >= 4 is 19.7 Å². The summed E-state index contributed by atoms with van der Waals surface area (Å²) >= 11 is 0. The molecule has 94 valence electrons. The lowest BCUT2D eigenvalue weighted by atomic mass is 10.2. The van der Waals surface area contributed by atoms with Crippen LogP contribution in [-0.4, -0.2) is 15.0 Å². The first-order valence-electron chi connectivity index (χ1n) is 5.13. The van der Waals surface area contributed by atoms with E-state index in [0.717, 1.165) is 17.6 Å². The van der Waals surface area contributed by atoms with Crippen LogP contribution in [0.5, 0.6) is 5.75 Å². The maximum atomic E-state index is 11.1. The van der Waals surface area contributed by atoms with Gasteiger partial charge in [-0.1, -0.05) is 5.57 Å². The van der Waals surface area contributed by atoms with E-state index < -0.39 is 9.05 Å². The van der Waals surface area contributed by atoms with Gasteiger partial charge >= 0.3 is 0 Å². The lowest BCUT2D eigenvalue weighted by Crippen LogP contribution is -2.00. The van der Waals surface area contributed by atoms with Gasteiger partial charge in [0.15, 0.2) is 0 Å². The summed E-state index contributed by atoms with van der Waals surface area (Å²) < 4.78 is 27.7. The third-order valence-electron chi connectivity index (χ3n) is 2.21. The Kier molecular flexibility index (Phi) is 4.60. The van der Waals surface area contributed by atoms with Crippen LogP contribution in [0.2, 0.25) is 0 Å². The molecule has 0 saturated carbocycles. The molecule has 0 saturated heterocycles. The number of rotatable bonds is 5. The third kappa shape index (κ3) is 4.40. The van der Waals surface area contributed by atoms with Crippen molar-refractivity contribution in [3.8, 4) is 5.75 Å². The van der Waals surface area contributed by atoms with Crippen LogP contribution in [0, 0.1) is 6.92 Å². The van der Waals surface area contributed by atoms with E-state index in [1.54, 1.807) is 13.0 Å². The minimum atomic E-state index is -3.67. The Hall–Kier alpha value is -1.00. The summed E-state index contributed by atoms with van der Waals surface area (Å²) in [5.41, 5.74) is 1.79. The molecule has 0 spiro atoms. The molecule has 3 nitrogen and oxygen atoms in total. The standard InChI is InChI=1S/C12H15ClO3S/c1-9(2)6-7-16-12-5-4-11(8-10(12)3)17(13,14)15/h4-5,8H,1,6-7H2,2-3H3. The molecule has 0 N–H and O–H groups in total. The average Bonchev–Trinajstić information content (AvgIpc) is 2.18. The summed E-state index contributed by atoms with van der Waals surface area (Å²) in [5.74, 6) is 0.662. The normalized spacial score (nSPS) is 11.2. The molecule has 0 bridgehead atoms. The topological polar surface area (TPSA) is 43.4 Å². The van der Waals surface area contributed by atoms with Crippen LogP contribution in [0.4, 0.5) is 0 Å². The van der Waals surface area contributed by atoms with Crippen molar-refractivity contribution in [3.05, 3.63) is 35.9 Å². The molecule has 0 aliphatic carbocycles. The number of benzene rings is 1. The number of halogens is 1. The molecule has 0 unspecified atom stereocenters. The molecule has 1 aromatic rings. The zero-order valence-electron chi connectivity index (χ0n) is 9.86. The highest BCUT2D eigenvalue weighted by atomic mass is 35.7. The third-order valence-corrected chi connectivity index (χ3v) is 3.57. The second-order valence-electron chi connectivity index (χ2n) is 3.92. The Morgan fingerprint density at radius 2 is 2.12 bits per heavy atom. The zero-order chi connectivity index (χ0) is 13.1. The van der Waals surface area contributed by atoms with Gasteiger partial charge in [0.25, 0.3) is 9.05 Å². The summed E-state index contributed by atoms with van der Waals surface area (Å²) in [6, 6.07) is 4.55. The average molecular weight is 275 g/mol. The van der Waals surface area contributed by atoms with Crippen LogP contribution in [0.15, 0.2) is 35.2 Å².